The van der Waals surface area contributed by atoms with Crippen LogP contribution in [0.1, 0.15) is 24.4 Å². The van der Waals surface area contributed by atoms with Crippen LogP contribution in [0, 0.1) is 6.92 Å². The van der Waals surface area contributed by atoms with Crippen LogP contribution in [0.4, 0.5) is 0 Å². The maximum absolute atomic E-state index is 6.25. The van der Waals surface area contributed by atoms with Gasteiger partial charge in [-0.15, -0.1) is 10.2 Å². The van der Waals surface area contributed by atoms with Crippen LogP contribution in [0.15, 0.2) is 28.3 Å². The van der Waals surface area contributed by atoms with Crippen molar-refractivity contribution in [2.45, 2.75) is 29.9 Å². The van der Waals surface area contributed by atoms with Crippen molar-refractivity contribution in [1.82, 2.24) is 14.8 Å². The average molecular weight is 283 g/mol. The lowest BCUT2D eigenvalue weighted by Crippen LogP contribution is -2.04. The van der Waals surface area contributed by atoms with E-state index in [1.807, 2.05) is 43.7 Å². The van der Waals surface area contributed by atoms with E-state index in [4.69, 9.17) is 17.3 Å². The zero-order valence-electron chi connectivity index (χ0n) is 10.5. The van der Waals surface area contributed by atoms with Crippen molar-refractivity contribution in [3.63, 3.8) is 0 Å². The van der Waals surface area contributed by atoms with Gasteiger partial charge in [-0.2, -0.15) is 0 Å². The fraction of sp³-hybridized carbons (Fsp3) is 0.333. The van der Waals surface area contributed by atoms with E-state index in [-0.39, 0.29) is 6.04 Å². The first kappa shape index (κ1) is 13.4. The van der Waals surface area contributed by atoms with Crippen molar-refractivity contribution in [3.05, 3.63) is 34.6 Å². The van der Waals surface area contributed by atoms with Gasteiger partial charge < -0.3 is 10.3 Å². The Labute approximate surface area is 116 Å². The number of halogens is 1. The van der Waals surface area contributed by atoms with Gasteiger partial charge in [0.25, 0.3) is 0 Å². The molecular weight excluding hydrogens is 268 g/mol. The van der Waals surface area contributed by atoms with Crippen molar-refractivity contribution < 1.29 is 0 Å². The largest absolute Gasteiger partial charge is 0.324 e. The van der Waals surface area contributed by atoms with Gasteiger partial charge in [-0.3, -0.25) is 0 Å². The number of hydrogen-bond acceptors (Lipinski definition) is 4. The van der Waals surface area contributed by atoms with Gasteiger partial charge in [-0.05, 0) is 43.3 Å². The Morgan fingerprint density at radius 1 is 1.39 bits per heavy atom. The van der Waals surface area contributed by atoms with Crippen molar-refractivity contribution in [1.29, 1.82) is 0 Å². The second-order valence-electron chi connectivity index (χ2n) is 4.17. The highest BCUT2D eigenvalue weighted by atomic mass is 35.5. The van der Waals surface area contributed by atoms with Gasteiger partial charge in [-0.1, -0.05) is 17.7 Å². The number of hydrogen-bond donors (Lipinski definition) is 1. The summed E-state index contributed by atoms with van der Waals surface area (Å²) in [7, 11) is 1.93. The molecule has 0 saturated heterocycles. The molecule has 18 heavy (non-hydrogen) atoms. The molecule has 1 aromatic heterocycles. The lowest BCUT2D eigenvalue weighted by atomic mass is 10.1. The van der Waals surface area contributed by atoms with Crippen LogP contribution < -0.4 is 5.73 Å². The van der Waals surface area contributed by atoms with Crippen molar-refractivity contribution in [2.24, 2.45) is 12.8 Å². The molecule has 0 aliphatic carbocycles. The topological polar surface area (TPSA) is 56.7 Å². The summed E-state index contributed by atoms with van der Waals surface area (Å²) in [6.45, 7) is 3.85. The molecule has 1 heterocycles. The molecule has 1 unspecified atom stereocenters. The third kappa shape index (κ3) is 2.68. The van der Waals surface area contributed by atoms with E-state index in [1.54, 1.807) is 0 Å². The van der Waals surface area contributed by atoms with E-state index in [0.717, 1.165) is 21.4 Å². The Bertz CT molecular complexity index is 565. The molecule has 0 radical (unpaired) electrons. The second kappa shape index (κ2) is 5.30. The Morgan fingerprint density at radius 3 is 2.61 bits per heavy atom. The van der Waals surface area contributed by atoms with Gasteiger partial charge in [0.2, 0.25) is 0 Å². The smallest absolute Gasteiger partial charge is 0.195 e. The lowest BCUT2D eigenvalue weighted by molar-refractivity contribution is 0.765. The zero-order chi connectivity index (χ0) is 13.3. The van der Waals surface area contributed by atoms with Crippen LogP contribution in [0.2, 0.25) is 5.02 Å². The first-order chi connectivity index (χ1) is 8.49. The predicted molar refractivity (Wildman–Crippen MR) is 73.9 cm³/mol. The average Bonchev–Trinajstić information content (AvgIpc) is 2.63. The van der Waals surface area contributed by atoms with Crippen LogP contribution in [0.25, 0.3) is 0 Å². The summed E-state index contributed by atoms with van der Waals surface area (Å²) in [5.74, 6) is 0.876. The van der Waals surface area contributed by atoms with E-state index >= 15 is 0 Å². The summed E-state index contributed by atoms with van der Waals surface area (Å²) in [6, 6.07) is 5.84. The standard InChI is InChI=1S/C12H15ClN4S/c1-7(14)9-4-5-11(10(13)6-9)18-12-16-15-8(2)17(12)3/h4-7H,14H2,1-3H3. The fourth-order valence-corrected chi connectivity index (χ4v) is 2.60. The SMILES string of the molecule is Cc1nnc(Sc2ccc(C(C)N)cc2Cl)n1C. The van der Waals surface area contributed by atoms with E-state index in [2.05, 4.69) is 10.2 Å². The molecule has 1 aromatic carbocycles. The lowest BCUT2D eigenvalue weighted by Gasteiger charge is -2.09. The molecule has 0 fully saturated rings. The molecule has 4 nitrogen and oxygen atoms in total. The first-order valence-electron chi connectivity index (χ1n) is 5.58. The van der Waals surface area contributed by atoms with Gasteiger partial charge >= 0.3 is 0 Å². The van der Waals surface area contributed by atoms with Crippen LogP contribution in [-0.4, -0.2) is 14.8 Å². The molecule has 6 heteroatoms. The van der Waals surface area contributed by atoms with Crippen molar-refractivity contribution >= 4 is 23.4 Å². The van der Waals surface area contributed by atoms with Crippen LogP contribution in [0.5, 0.6) is 0 Å². The minimum Gasteiger partial charge on any atom is -0.324 e. The zero-order valence-corrected chi connectivity index (χ0v) is 12.1. The van der Waals surface area contributed by atoms with E-state index in [1.165, 1.54) is 11.8 Å². The number of aryl methyl sites for hydroxylation is 1. The summed E-state index contributed by atoms with van der Waals surface area (Å²) in [6.07, 6.45) is 0. The number of nitrogens with zero attached hydrogens (tertiary/aromatic N) is 3. The highest BCUT2D eigenvalue weighted by Crippen LogP contribution is 2.33. The van der Waals surface area contributed by atoms with Gasteiger partial charge in [0, 0.05) is 18.0 Å². The molecule has 96 valence electrons. The quantitative estimate of drug-likeness (QED) is 0.940. The minimum atomic E-state index is -0.0152. The van der Waals surface area contributed by atoms with Gasteiger partial charge in [0.15, 0.2) is 5.16 Å². The van der Waals surface area contributed by atoms with Gasteiger partial charge in [-0.25, -0.2) is 0 Å². The summed E-state index contributed by atoms with van der Waals surface area (Å²) in [5.41, 5.74) is 6.85. The fourth-order valence-electron chi connectivity index (χ4n) is 1.46. The molecule has 0 spiro atoms. The molecule has 2 rings (SSSR count). The van der Waals surface area contributed by atoms with Gasteiger partial charge in [0.05, 0.1) is 5.02 Å². The highest BCUT2D eigenvalue weighted by Gasteiger charge is 2.11. The van der Waals surface area contributed by atoms with E-state index in [9.17, 15) is 0 Å². The van der Waals surface area contributed by atoms with Crippen LogP contribution in [-0.2, 0) is 7.05 Å². The molecule has 0 aliphatic rings. The molecule has 0 saturated carbocycles. The Balaban J connectivity index is 2.27. The number of nitrogens with two attached hydrogens (primary N) is 1. The molecule has 2 aromatic rings. The molecule has 0 amide bonds. The number of rotatable bonds is 3. The van der Waals surface area contributed by atoms with Gasteiger partial charge in [0.1, 0.15) is 5.82 Å². The van der Waals surface area contributed by atoms with Crippen molar-refractivity contribution in [2.75, 3.05) is 0 Å². The molecule has 0 aliphatic heterocycles. The van der Waals surface area contributed by atoms with Crippen LogP contribution >= 0.6 is 23.4 Å². The Kier molecular flexibility index (Phi) is 3.94. The maximum atomic E-state index is 6.25. The highest BCUT2D eigenvalue weighted by molar-refractivity contribution is 7.99. The molecular formula is C12H15ClN4S. The maximum Gasteiger partial charge on any atom is 0.195 e. The third-order valence-electron chi connectivity index (χ3n) is 2.74. The Morgan fingerprint density at radius 2 is 2.11 bits per heavy atom. The van der Waals surface area contributed by atoms with Crippen LogP contribution in [0.3, 0.4) is 0 Å². The number of benzene rings is 1. The Hall–Kier alpha value is -1.04. The minimum absolute atomic E-state index is 0.0152. The monoisotopic (exact) mass is 282 g/mol. The summed E-state index contributed by atoms with van der Waals surface area (Å²) < 4.78 is 1.93. The third-order valence-corrected chi connectivity index (χ3v) is 4.27. The number of aromatic nitrogens is 3. The summed E-state index contributed by atoms with van der Waals surface area (Å²) in [4.78, 5) is 0.955. The summed E-state index contributed by atoms with van der Waals surface area (Å²) in [5, 5.41) is 9.63. The predicted octanol–water partition coefficient (Wildman–Crippen LogP) is 2.95. The van der Waals surface area contributed by atoms with E-state index in [0.29, 0.717) is 5.02 Å². The van der Waals surface area contributed by atoms with E-state index < -0.39 is 0 Å². The second-order valence-corrected chi connectivity index (χ2v) is 5.59. The summed E-state index contributed by atoms with van der Waals surface area (Å²) >= 11 is 7.75. The van der Waals surface area contributed by atoms with Crippen molar-refractivity contribution in [3.8, 4) is 0 Å². The normalized spacial score (nSPS) is 12.7. The molecule has 2 N–H and O–H groups in total. The first-order valence-corrected chi connectivity index (χ1v) is 6.77. The molecule has 1 atom stereocenters. The molecule has 0 bridgehead atoms.